The summed E-state index contributed by atoms with van der Waals surface area (Å²) in [7, 11) is 0. The molecular weight excluding hydrogens is 324 g/mol. The van der Waals surface area contributed by atoms with E-state index >= 15 is 0 Å². The van der Waals surface area contributed by atoms with Gasteiger partial charge in [-0.25, -0.2) is 0 Å². The SMILES string of the molecule is Cc1cc(C(=O)COCc2ccccc2Br)c(C)s1. The van der Waals surface area contributed by atoms with Gasteiger partial charge in [-0.1, -0.05) is 34.1 Å². The molecule has 0 radical (unpaired) electrons. The Morgan fingerprint density at radius 2 is 2.05 bits per heavy atom. The fourth-order valence-corrected chi connectivity index (χ4v) is 3.20. The van der Waals surface area contributed by atoms with Gasteiger partial charge < -0.3 is 4.74 Å². The fourth-order valence-electron chi connectivity index (χ4n) is 1.85. The molecule has 2 aromatic rings. The van der Waals surface area contributed by atoms with Crippen molar-refractivity contribution in [3.8, 4) is 0 Å². The van der Waals surface area contributed by atoms with Crippen LogP contribution in [0, 0.1) is 13.8 Å². The summed E-state index contributed by atoms with van der Waals surface area (Å²) in [6.45, 7) is 4.54. The number of Topliss-reactive ketones (excluding diaryl/α,β-unsaturated/α-hetero) is 1. The molecule has 0 spiro atoms. The number of ketones is 1. The second kappa shape index (κ2) is 6.46. The zero-order valence-electron chi connectivity index (χ0n) is 10.9. The van der Waals surface area contributed by atoms with Crippen LogP contribution in [0.4, 0.5) is 0 Å². The normalized spacial score (nSPS) is 10.7. The second-order valence-electron chi connectivity index (χ2n) is 4.33. The number of thiophene rings is 1. The predicted molar refractivity (Wildman–Crippen MR) is 81.9 cm³/mol. The van der Waals surface area contributed by atoms with E-state index in [0.717, 1.165) is 25.4 Å². The molecule has 2 rings (SSSR count). The minimum Gasteiger partial charge on any atom is -0.369 e. The number of ether oxygens (including phenoxy) is 1. The third kappa shape index (κ3) is 3.75. The topological polar surface area (TPSA) is 26.3 Å². The second-order valence-corrected chi connectivity index (χ2v) is 6.65. The number of aryl methyl sites for hydroxylation is 2. The van der Waals surface area contributed by atoms with Gasteiger partial charge in [-0.15, -0.1) is 11.3 Å². The van der Waals surface area contributed by atoms with Crippen LogP contribution in [0.15, 0.2) is 34.8 Å². The van der Waals surface area contributed by atoms with E-state index < -0.39 is 0 Å². The van der Waals surface area contributed by atoms with Gasteiger partial charge in [0.25, 0.3) is 0 Å². The van der Waals surface area contributed by atoms with Crippen molar-refractivity contribution >= 4 is 33.0 Å². The molecule has 0 aliphatic carbocycles. The van der Waals surface area contributed by atoms with Gasteiger partial charge in [-0.05, 0) is 31.5 Å². The minimum absolute atomic E-state index is 0.0499. The molecule has 0 saturated heterocycles. The standard InChI is InChI=1S/C15H15BrO2S/c1-10-7-13(11(2)19-10)15(17)9-18-8-12-5-3-4-6-14(12)16/h3-7H,8-9H2,1-2H3. The van der Waals surface area contributed by atoms with Crippen molar-refractivity contribution in [2.75, 3.05) is 6.61 Å². The van der Waals surface area contributed by atoms with Crippen molar-refractivity contribution in [1.82, 2.24) is 0 Å². The Morgan fingerprint density at radius 1 is 1.32 bits per heavy atom. The van der Waals surface area contributed by atoms with Crippen molar-refractivity contribution in [1.29, 1.82) is 0 Å². The zero-order chi connectivity index (χ0) is 13.8. The van der Waals surface area contributed by atoms with Crippen LogP contribution in [-0.2, 0) is 11.3 Å². The maximum atomic E-state index is 12.0. The molecule has 0 unspecified atom stereocenters. The largest absolute Gasteiger partial charge is 0.369 e. The van der Waals surface area contributed by atoms with Crippen molar-refractivity contribution in [3.63, 3.8) is 0 Å². The Kier molecular flexibility index (Phi) is 4.91. The first-order chi connectivity index (χ1) is 9.08. The van der Waals surface area contributed by atoms with E-state index in [2.05, 4.69) is 15.9 Å². The molecule has 0 saturated carbocycles. The molecule has 0 atom stereocenters. The van der Waals surface area contributed by atoms with Gasteiger partial charge in [-0.3, -0.25) is 4.79 Å². The lowest BCUT2D eigenvalue weighted by Crippen LogP contribution is -2.09. The summed E-state index contributed by atoms with van der Waals surface area (Å²) in [5.74, 6) is 0.0499. The van der Waals surface area contributed by atoms with Crippen molar-refractivity contribution < 1.29 is 9.53 Å². The molecule has 4 heteroatoms. The van der Waals surface area contributed by atoms with Crippen molar-refractivity contribution in [2.24, 2.45) is 0 Å². The van der Waals surface area contributed by atoms with Crippen LogP contribution in [-0.4, -0.2) is 12.4 Å². The molecular formula is C15H15BrO2S. The molecule has 0 amide bonds. The lowest BCUT2D eigenvalue weighted by molar-refractivity contribution is 0.0725. The third-order valence-corrected chi connectivity index (χ3v) is 4.53. The van der Waals surface area contributed by atoms with Gasteiger partial charge in [-0.2, -0.15) is 0 Å². The van der Waals surface area contributed by atoms with Crippen molar-refractivity contribution in [3.05, 3.63) is 55.7 Å². The highest BCUT2D eigenvalue weighted by Crippen LogP contribution is 2.21. The summed E-state index contributed by atoms with van der Waals surface area (Å²) >= 11 is 5.11. The van der Waals surface area contributed by atoms with Crippen molar-refractivity contribution in [2.45, 2.75) is 20.5 Å². The first-order valence-corrected chi connectivity index (χ1v) is 7.60. The maximum absolute atomic E-state index is 12.0. The molecule has 0 fully saturated rings. The summed E-state index contributed by atoms with van der Waals surface area (Å²) in [5, 5.41) is 0. The molecule has 0 bridgehead atoms. The van der Waals surface area contributed by atoms with Gasteiger partial charge >= 0.3 is 0 Å². The molecule has 1 heterocycles. The predicted octanol–water partition coefficient (Wildman–Crippen LogP) is 4.53. The first-order valence-electron chi connectivity index (χ1n) is 5.99. The summed E-state index contributed by atoms with van der Waals surface area (Å²) in [6, 6.07) is 9.79. The highest BCUT2D eigenvalue weighted by Gasteiger charge is 2.12. The lowest BCUT2D eigenvalue weighted by Gasteiger charge is -2.05. The molecule has 19 heavy (non-hydrogen) atoms. The fraction of sp³-hybridized carbons (Fsp3) is 0.267. The number of carbonyl (C=O) groups excluding carboxylic acids is 1. The van der Waals surface area contributed by atoms with E-state index in [1.54, 1.807) is 11.3 Å². The summed E-state index contributed by atoms with van der Waals surface area (Å²) in [5.41, 5.74) is 1.84. The Labute approximate surface area is 125 Å². The van der Waals surface area contributed by atoms with Gasteiger partial charge in [0.2, 0.25) is 0 Å². The van der Waals surface area contributed by atoms with Crippen LogP contribution in [0.25, 0.3) is 0 Å². The Hall–Kier alpha value is -0.970. The number of hydrogen-bond donors (Lipinski definition) is 0. The van der Waals surface area contributed by atoms with E-state index in [0.29, 0.717) is 6.61 Å². The number of carbonyl (C=O) groups is 1. The smallest absolute Gasteiger partial charge is 0.189 e. The minimum atomic E-state index is 0.0499. The first kappa shape index (κ1) is 14.4. The van der Waals surface area contributed by atoms with Crippen LogP contribution < -0.4 is 0 Å². The van der Waals surface area contributed by atoms with Gasteiger partial charge in [0, 0.05) is 19.8 Å². The zero-order valence-corrected chi connectivity index (χ0v) is 13.3. The number of benzene rings is 1. The molecule has 2 nitrogen and oxygen atoms in total. The molecule has 100 valence electrons. The van der Waals surface area contributed by atoms with Crippen LogP contribution >= 0.6 is 27.3 Å². The summed E-state index contributed by atoms with van der Waals surface area (Å²) in [4.78, 5) is 14.2. The van der Waals surface area contributed by atoms with Crippen LogP contribution in [0.2, 0.25) is 0 Å². The molecule has 0 aliphatic rings. The number of halogens is 1. The third-order valence-electron chi connectivity index (χ3n) is 2.79. The van der Waals surface area contributed by atoms with E-state index in [9.17, 15) is 4.79 Å². The lowest BCUT2D eigenvalue weighted by atomic mass is 10.2. The van der Waals surface area contributed by atoms with Gasteiger partial charge in [0.15, 0.2) is 5.78 Å². The van der Waals surface area contributed by atoms with Gasteiger partial charge in [0.1, 0.15) is 6.61 Å². The van der Waals surface area contributed by atoms with Crippen LogP contribution in [0.1, 0.15) is 25.7 Å². The average molecular weight is 339 g/mol. The number of rotatable bonds is 5. The van der Waals surface area contributed by atoms with E-state index in [1.807, 2.05) is 44.2 Å². The summed E-state index contributed by atoms with van der Waals surface area (Å²) in [6.07, 6.45) is 0. The quantitative estimate of drug-likeness (QED) is 0.749. The highest BCUT2D eigenvalue weighted by molar-refractivity contribution is 9.10. The van der Waals surface area contributed by atoms with E-state index in [-0.39, 0.29) is 12.4 Å². The Bertz CT molecular complexity index is 590. The molecule has 0 aliphatic heterocycles. The molecule has 0 N–H and O–H groups in total. The maximum Gasteiger partial charge on any atom is 0.189 e. The highest BCUT2D eigenvalue weighted by atomic mass is 79.9. The van der Waals surface area contributed by atoms with E-state index in [1.165, 1.54) is 0 Å². The van der Waals surface area contributed by atoms with E-state index in [4.69, 9.17) is 4.74 Å². The Balaban J connectivity index is 1.91. The molecule has 1 aromatic carbocycles. The van der Waals surface area contributed by atoms with Crippen LogP contribution in [0.3, 0.4) is 0 Å². The molecule has 1 aromatic heterocycles. The number of hydrogen-bond acceptors (Lipinski definition) is 3. The van der Waals surface area contributed by atoms with Gasteiger partial charge in [0.05, 0.1) is 6.61 Å². The van der Waals surface area contributed by atoms with Crippen LogP contribution in [0.5, 0.6) is 0 Å². The monoisotopic (exact) mass is 338 g/mol. The summed E-state index contributed by atoms with van der Waals surface area (Å²) < 4.78 is 6.51. The average Bonchev–Trinajstić information content (AvgIpc) is 2.71. The Morgan fingerprint density at radius 3 is 2.68 bits per heavy atom.